The first-order chi connectivity index (χ1) is 7.51. The standard InChI is InChI=1S/C13H24N2S/c1-5-11-6-7-12(16-11)10-14-8-9-15-13(2,3)4/h6-7,14-15H,5,8-10H2,1-4H3. The van der Waals surface area contributed by atoms with Crippen molar-refractivity contribution in [3.05, 3.63) is 21.9 Å². The fourth-order valence-electron chi connectivity index (χ4n) is 1.44. The van der Waals surface area contributed by atoms with Crippen molar-refractivity contribution in [1.29, 1.82) is 0 Å². The van der Waals surface area contributed by atoms with Gasteiger partial charge >= 0.3 is 0 Å². The predicted octanol–water partition coefficient (Wildman–Crippen LogP) is 2.79. The van der Waals surface area contributed by atoms with Crippen LogP contribution in [0.5, 0.6) is 0 Å². The van der Waals surface area contributed by atoms with Gasteiger partial charge in [0.05, 0.1) is 0 Å². The van der Waals surface area contributed by atoms with E-state index < -0.39 is 0 Å². The number of nitrogens with one attached hydrogen (secondary N) is 2. The number of rotatable bonds is 6. The second-order valence-electron chi connectivity index (χ2n) is 5.08. The van der Waals surface area contributed by atoms with Gasteiger partial charge in [-0.3, -0.25) is 0 Å². The molecule has 0 fully saturated rings. The Labute approximate surface area is 103 Å². The first-order valence-electron chi connectivity index (χ1n) is 6.04. The maximum atomic E-state index is 3.47. The topological polar surface area (TPSA) is 24.1 Å². The zero-order valence-corrected chi connectivity index (χ0v) is 11.7. The Morgan fingerprint density at radius 1 is 1.12 bits per heavy atom. The summed E-state index contributed by atoms with van der Waals surface area (Å²) < 4.78 is 0. The summed E-state index contributed by atoms with van der Waals surface area (Å²) in [5, 5.41) is 6.93. The van der Waals surface area contributed by atoms with Gasteiger partial charge in [0, 0.05) is 34.9 Å². The summed E-state index contributed by atoms with van der Waals surface area (Å²) in [5.74, 6) is 0. The van der Waals surface area contributed by atoms with Crippen LogP contribution in [0.25, 0.3) is 0 Å². The van der Waals surface area contributed by atoms with Crippen LogP contribution in [0, 0.1) is 0 Å². The van der Waals surface area contributed by atoms with Crippen LogP contribution < -0.4 is 10.6 Å². The van der Waals surface area contributed by atoms with Gasteiger partial charge in [0.2, 0.25) is 0 Å². The predicted molar refractivity (Wildman–Crippen MR) is 73.2 cm³/mol. The molecule has 1 aromatic rings. The van der Waals surface area contributed by atoms with Crippen LogP contribution >= 0.6 is 11.3 Å². The normalized spacial score (nSPS) is 12.0. The molecule has 0 amide bonds. The Kier molecular flexibility index (Phi) is 5.46. The highest BCUT2D eigenvalue weighted by Crippen LogP contribution is 2.16. The van der Waals surface area contributed by atoms with Crippen LogP contribution in [0.2, 0.25) is 0 Å². The molecule has 92 valence electrons. The highest BCUT2D eigenvalue weighted by molar-refractivity contribution is 7.11. The van der Waals surface area contributed by atoms with Crippen molar-refractivity contribution in [2.24, 2.45) is 0 Å². The maximum Gasteiger partial charge on any atom is 0.0300 e. The first-order valence-corrected chi connectivity index (χ1v) is 6.86. The van der Waals surface area contributed by atoms with Crippen molar-refractivity contribution < 1.29 is 0 Å². The molecule has 1 aromatic heterocycles. The van der Waals surface area contributed by atoms with E-state index in [-0.39, 0.29) is 5.54 Å². The molecule has 0 atom stereocenters. The molecule has 0 unspecified atom stereocenters. The summed E-state index contributed by atoms with van der Waals surface area (Å²) in [6.45, 7) is 11.8. The minimum Gasteiger partial charge on any atom is -0.311 e. The van der Waals surface area contributed by atoms with E-state index in [4.69, 9.17) is 0 Å². The Morgan fingerprint density at radius 2 is 1.81 bits per heavy atom. The average Bonchev–Trinajstić information content (AvgIpc) is 2.63. The molecule has 0 aromatic carbocycles. The fourth-order valence-corrected chi connectivity index (χ4v) is 2.37. The summed E-state index contributed by atoms with van der Waals surface area (Å²) >= 11 is 1.91. The van der Waals surface area contributed by atoms with Crippen LogP contribution in [0.15, 0.2) is 12.1 Å². The van der Waals surface area contributed by atoms with Crippen molar-refractivity contribution in [3.8, 4) is 0 Å². The van der Waals surface area contributed by atoms with Gasteiger partial charge < -0.3 is 10.6 Å². The van der Waals surface area contributed by atoms with Gasteiger partial charge in [-0.25, -0.2) is 0 Å². The summed E-state index contributed by atoms with van der Waals surface area (Å²) in [4.78, 5) is 2.91. The minimum absolute atomic E-state index is 0.222. The second-order valence-corrected chi connectivity index (χ2v) is 6.33. The Bertz CT molecular complexity index is 299. The Balaban J connectivity index is 2.11. The lowest BCUT2D eigenvalue weighted by atomic mass is 10.1. The lowest BCUT2D eigenvalue weighted by Crippen LogP contribution is -2.40. The fraction of sp³-hybridized carbons (Fsp3) is 0.692. The van der Waals surface area contributed by atoms with Crippen molar-refractivity contribution in [2.45, 2.75) is 46.2 Å². The Hall–Kier alpha value is -0.380. The molecule has 0 saturated heterocycles. The van der Waals surface area contributed by atoms with Gasteiger partial charge in [-0.15, -0.1) is 11.3 Å². The smallest absolute Gasteiger partial charge is 0.0300 e. The molecule has 16 heavy (non-hydrogen) atoms. The van der Waals surface area contributed by atoms with E-state index in [1.165, 1.54) is 9.75 Å². The molecule has 0 aliphatic heterocycles. The van der Waals surface area contributed by atoms with Gasteiger partial charge in [0.1, 0.15) is 0 Å². The first kappa shape index (κ1) is 13.7. The lowest BCUT2D eigenvalue weighted by molar-refractivity contribution is 0.422. The lowest BCUT2D eigenvalue weighted by Gasteiger charge is -2.20. The number of thiophene rings is 1. The van der Waals surface area contributed by atoms with Gasteiger partial charge in [-0.1, -0.05) is 6.92 Å². The average molecular weight is 240 g/mol. The molecule has 0 saturated carbocycles. The third-order valence-corrected chi connectivity index (χ3v) is 3.55. The highest BCUT2D eigenvalue weighted by atomic mass is 32.1. The number of hydrogen-bond acceptors (Lipinski definition) is 3. The second kappa shape index (κ2) is 6.38. The molecule has 1 heterocycles. The molecule has 0 aliphatic carbocycles. The van der Waals surface area contributed by atoms with E-state index in [0.29, 0.717) is 0 Å². The minimum atomic E-state index is 0.222. The van der Waals surface area contributed by atoms with Gasteiger partial charge in [-0.2, -0.15) is 0 Å². The quantitative estimate of drug-likeness (QED) is 0.747. The zero-order valence-electron chi connectivity index (χ0n) is 10.9. The van der Waals surface area contributed by atoms with Crippen LogP contribution in [0.4, 0.5) is 0 Å². The van der Waals surface area contributed by atoms with E-state index >= 15 is 0 Å². The van der Waals surface area contributed by atoms with E-state index in [2.05, 4.69) is 50.5 Å². The van der Waals surface area contributed by atoms with Crippen LogP contribution in [-0.4, -0.2) is 18.6 Å². The molecular weight excluding hydrogens is 216 g/mol. The van der Waals surface area contributed by atoms with Crippen LogP contribution in [0.3, 0.4) is 0 Å². The van der Waals surface area contributed by atoms with Crippen LogP contribution in [-0.2, 0) is 13.0 Å². The Morgan fingerprint density at radius 3 is 2.38 bits per heavy atom. The maximum absolute atomic E-state index is 3.47. The van der Waals surface area contributed by atoms with Crippen LogP contribution in [0.1, 0.15) is 37.4 Å². The van der Waals surface area contributed by atoms with E-state index in [1.54, 1.807) is 0 Å². The number of aryl methyl sites for hydroxylation is 1. The number of hydrogen-bond donors (Lipinski definition) is 2. The van der Waals surface area contributed by atoms with Gasteiger partial charge in [0.15, 0.2) is 0 Å². The van der Waals surface area contributed by atoms with Crippen molar-refractivity contribution in [3.63, 3.8) is 0 Å². The molecule has 0 bridgehead atoms. The molecule has 3 heteroatoms. The molecule has 0 aliphatic rings. The molecule has 0 radical (unpaired) electrons. The zero-order chi connectivity index (χ0) is 12.0. The monoisotopic (exact) mass is 240 g/mol. The van der Waals surface area contributed by atoms with Crippen molar-refractivity contribution in [2.75, 3.05) is 13.1 Å². The third-order valence-electron chi connectivity index (χ3n) is 2.32. The molecule has 2 N–H and O–H groups in total. The van der Waals surface area contributed by atoms with E-state index in [9.17, 15) is 0 Å². The molecular formula is C13H24N2S. The summed E-state index contributed by atoms with van der Waals surface area (Å²) in [5.41, 5.74) is 0.222. The molecule has 1 rings (SSSR count). The third kappa shape index (κ3) is 5.64. The van der Waals surface area contributed by atoms with E-state index in [0.717, 1.165) is 26.1 Å². The van der Waals surface area contributed by atoms with Crippen molar-refractivity contribution >= 4 is 11.3 Å². The highest BCUT2D eigenvalue weighted by Gasteiger charge is 2.06. The largest absolute Gasteiger partial charge is 0.311 e. The van der Waals surface area contributed by atoms with E-state index in [1.807, 2.05) is 11.3 Å². The summed E-state index contributed by atoms with van der Waals surface area (Å²) in [6.07, 6.45) is 1.15. The summed E-state index contributed by atoms with van der Waals surface area (Å²) in [6, 6.07) is 4.46. The van der Waals surface area contributed by atoms with Crippen molar-refractivity contribution in [1.82, 2.24) is 10.6 Å². The van der Waals surface area contributed by atoms with Gasteiger partial charge in [0.25, 0.3) is 0 Å². The molecule has 0 spiro atoms. The summed E-state index contributed by atoms with van der Waals surface area (Å²) in [7, 11) is 0. The molecule has 2 nitrogen and oxygen atoms in total. The SMILES string of the molecule is CCc1ccc(CNCCNC(C)(C)C)s1. The van der Waals surface area contributed by atoms with Gasteiger partial charge in [-0.05, 0) is 39.3 Å².